The van der Waals surface area contributed by atoms with Crippen LogP contribution in [-0.4, -0.2) is 27.9 Å². The van der Waals surface area contributed by atoms with Crippen LogP contribution in [0, 0.1) is 5.41 Å². The summed E-state index contributed by atoms with van der Waals surface area (Å²) < 4.78 is 27.0. The van der Waals surface area contributed by atoms with Crippen LogP contribution in [0.2, 0.25) is 0 Å². The van der Waals surface area contributed by atoms with E-state index in [9.17, 15) is 13.2 Å². The standard InChI is InChI=1S/C14H23N3O3S/c1-10(16-4)11-6-5-7-12(8-11)21(19,20)17-9-14(2,3)13(15)18/h5-8,10,16-17H,9H2,1-4H3,(H2,15,18). The number of rotatable bonds is 7. The number of amides is 1. The first kappa shape index (κ1) is 17.6. The van der Waals surface area contributed by atoms with Crippen molar-refractivity contribution in [3.8, 4) is 0 Å². The van der Waals surface area contributed by atoms with Crippen LogP contribution in [0.15, 0.2) is 29.2 Å². The first-order valence-corrected chi connectivity index (χ1v) is 8.15. The molecule has 0 saturated heterocycles. The van der Waals surface area contributed by atoms with Crippen LogP contribution in [0.25, 0.3) is 0 Å². The van der Waals surface area contributed by atoms with E-state index < -0.39 is 21.3 Å². The Morgan fingerprint density at radius 1 is 1.38 bits per heavy atom. The molecule has 0 radical (unpaired) electrons. The molecule has 0 fully saturated rings. The number of nitrogens with two attached hydrogens (primary N) is 1. The third-order valence-corrected chi connectivity index (χ3v) is 4.87. The highest BCUT2D eigenvalue weighted by Crippen LogP contribution is 2.18. The molecule has 0 spiro atoms. The van der Waals surface area contributed by atoms with E-state index in [-0.39, 0.29) is 17.5 Å². The second-order valence-corrected chi connectivity index (χ2v) is 7.42. The molecular weight excluding hydrogens is 290 g/mol. The van der Waals surface area contributed by atoms with Crippen molar-refractivity contribution in [3.63, 3.8) is 0 Å². The molecule has 0 saturated carbocycles. The van der Waals surface area contributed by atoms with Crippen LogP contribution in [-0.2, 0) is 14.8 Å². The average molecular weight is 313 g/mol. The number of sulfonamides is 1. The van der Waals surface area contributed by atoms with E-state index in [1.165, 1.54) is 6.07 Å². The Bertz CT molecular complexity index is 612. The molecule has 1 aromatic rings. The number of primary amides is 1. The van der Waals surface area contributed by atoms with E-state index in [0.717, 1.165) is 5.56 Å². The third-order valence-electron chi connectivity index (χ3n) is 3.47. The van der Waals surface area contributed by atoms with Crippen molar-refractivity contribution in [2.24, 2.45) is 11.1 Å². The molecule has 4 N–H and O–H groups in total. The zero-order chi connectivity index (χ0) is 16.3. The number of hydrogen-bond donors (Lipinski definition) is 3. The Balaban J connectivity index is 2.96. The molecule has 1 atom stereocenters. The molecule has 118 valence electrons. The van der Waals surface area contributed by atoms with Gasteiger partial charge in [-0.1, -0.05) is 12.1 Å². The van der Waals surface area contributed by atoms with E-state index in [0.29, 0.717) is 0 Å². The van der Waals surface area contributed by atoms with Gasteiger partial charge in [0.15, 0.2) is 0 Å². The summed E-state index contributed by atoms with van der Waals surface area (Å²) in [5.41, 5.74) is 5.17. The fourth-order valence-corrected chi connectivity index (χ4v) is 2.83. The predicted octanol–water partition coefficient (Wildman–Crippen LogP) is 0.757. The second-order valence-electron chi connectivity index (χ2n) is 5.66. The van der Waals surface area contributed by atoms with Crippen molar-refractivity contribution in [2.45, 2.75) is 31.7 Å². The first-order chi connectivity index (χ1) is 9.60. The fraction of sp³-hybridized carbons (Fsp3) is 0.500. The van der Waals surface area contributed by atoms with E-state index >= 15 is 0 Å². The van der Waals surface area contributed by atoms with Crippen molar-refractivity contribution < 1.29 is 13.2 Å². The number of nitrogens with one attached hydrogen (secondary N) is 2. The summed E-state index contributed by atoms with van der Waals surface area (Å²) in [5.74, 6) is -0.553. The predicted molar refractivity (Wildman–Crippen MR) is 82.1 cm³/mol. The Morgan fingerprint density at radius 3 is 2.52 bits per heavy atom. The summed E-state index contributed by atoms with van der Waals surface area (Å²) in [4.78, 5) is 11.4. The van der Waals surface area contributed by atoms with E-state index in [1.54, 1.807) is 33.0 Å². The Kier molecular flexibility index (Phi) is 5.49. The van der Waals surface area contributed by atoms with E-state index in [4.69, 9.17) is 5.73 Å². The average Bonchev–Trinajstić information content (AvgIpc) is 2.44. The molecule has 0 aromatic heterocycles. The second kappa shape index (κ2) is 6.55. The zero-order valence-electron chi connectivity index (χ0n) is 12.8. The highest BCUT2D eigenvalue weighted by Gasteiger charge is 2.27. The number of benzene rings is 1. The molecule has 21 heavy (non-hydrogen) atoms. The lowest BCUT2D eigenvalue weighted by atomic mass is 9.93. The highest BCUT2D eigenvalue weighted by atomic mass is 32.2. The summed E-state index contributed by atoms with van der Waals surface area (Å²) in [6, 6.07) is 6.72. The van der Waals surface area contributed by atoms with E-state index in [1.807, 2.05) is 13.0 Å². The van der Waals surface area contributed by atoms with Crippen molar-refractivity contribution in [1.29, 1.82) is 0 Å². The maximum Gasteiger partial charge on any atom is 0.240 e. The summed E-state index contributed by atoms with van der Waals surface area (Å²) >= 11 is 0. The van der Waals surface area contributed by atoms with Crippen molar-refractivity contribution in [1.82, 2.24) is 10.0 Å². The molecule has 0 heterocycles. The molecular formula is C14H23N3O3S. The van der Waals surface area contributed by atoms with Gasteiger partial charge in [-0.2, -0.15) is 0 Å². The minimum atomic E-state index is -3.68. The van der Waals surface area contributed by atoms with Crippen LogP contribution < -0.4 is 15.8 Å². The van der Waals surface area contributed by atoms with Crippen LogP contribution in [0.1, 0.15) is 32.4 Å². The van der Waals surface area contributed by atoms with Crippen molar-refractivity contribution in [2.75, 3.05) is 13.6 Å². The lowest BCUT2D eigenvalue weighted by Crippen LogP contribution is -2.42. The minimum Gasteiger partial charge on any atom is -0.369 e. The van der Waals surface area contributed by atoms with Gasteiger partial charge in [-0.05, 0) is 45.5 Å². The van der Waals surface area contributed by atoms with Gasteiger partial charge in [0.1, 0.15) is 0 Å². The quantitative estimate of drug-likeness (QED) is 0.691. The Hall–Kier alpha value is -1.44. The molecule has 0 bridgehead atoms. The van der Waals surface area contributed by atoms with Crippen molar-refractivity contribution >= 4 is 15.9 Å². The topological polar surface area (TPSA) is 101 Å². The van der Waals surface area contributed by atoms with Crippen LogP contribution in [0.4, 0.5) is 0 Å². The Labute approximate surface area is 126 Å². The van der Waals surface area contributed by atoms with Gasteiger partial charge < -0.3 is 11.1 Å². The number of carbonyl (C=O) groups is 1. The lowest BCUT2D eigenvalue weighted by Gasteiger charge is -2.21. The van der Waals surface area contributed by atoms with Crippen LogP contribution in [0.3, 0.4) is 0 Å². The van der Waals surface area contributed by atoms with Gasteiger partial charge in [-0.15, -0.1) is 0 Å². The maximum atomic E-state index is 12.3. The molecule has 1 rings (SSSR count). The largest absolute Gasteiger partial charge is 0.369 e. The van der Waals surface area contributed by atoms with Crippen LogP contribution in [0.5, 0.6) is 0 Å². The summed E-state index contributed by atoms with van der Waals surface area (Å²) in [6.07, 6.45) is 0. The number of carbonyl (C=O) groups excluding carboxylic acids is 1. The van der Waals surface area contributed by atoms with E-state index in [2.05, 4.69) is 10.0 Å². The van der Waals surface area contributed by atoms with Gasteiger partial charge in [0, 0.05) is 12.6 Å². The zero-order valence-corrected chi connectivity index (χ0v) is 13.6. The molecule has 1 amide bonds. The monoisotopic (exact) mass is 313 g/mol. The van der Waals surface area contributed by atoms with Crippen LogP contribution >= 0.6 is 0 Å². The van der Waals surface area contributed by atoms with Gasteiger partial charge in [0.2, 0.25) is 15.9 Å². The smallest absolute Gasteiger partial charge is 0.240 e. The normalized spacial score (nSPS) is 13.9. The fourth-order valence-electron chi connectivity index (χ4n) is 1.56. The summed E-state index contributed by atoms with van der Waals surface area (Å²) in [6.45, 7) is 5.08. The SMILES string of the molecule is CNC(C)c1cccc(S(=O)(=O)NCC(C)(C)C(N)=O)c1. The first-order valence-electron chi connectivity index (χ1n) is 6.67. The molecule has 1 unspecified atom stereocenters. The third kappa shape index (κ3) is 4.52. The maximum absolute atomic E-state index is 12.3. The number of hydrogen-bond acceptors (Lipinski definition) is 4. The summed E-state index contributed by atoms with van der Waals surface area (Å²) in [7, 11) is -1.87. The minimum absolute atomic E-state index is 0.0437. The Morgan fingerprint density at radius 2 is 2.00 bits per heavy atom. The van der Waals surface area contributed by atoms with Crippen molar-refractivity contribution in [3.05, 3.63) is 29.8 Å². The highest BCUT2D eigenvalue weighted by molar-refractivity contribution is 7.89. The van der Waals surface area contributed by atoms with Gasteiger partial charge in [0.05, 0.1) is 10.3 Å². The molecule has 0 aliphatic carbocycles. The van der Waals surface area contributed by atoms with Gasteiger partial charge in [-0.25, -0.2) is 13.1 Å². The van der Waals surface area contributed by atoms with Gasteiger partial charge >= 0.3 is 0 Å². The molecule has 0 aliphatic heterocycles. The lowest BCUT2D eigenvalue weighted by molar-refractivity contribution is -0.125. The molecule has 7 heteroatoms. The molecule has 6 nitrogen and oxygen atoms in total. The van der Waals surface area contributed by atoms with Gasteiger partial charge in [0.25, 0.3) is 0 Å². The summed E-state index contributed by atoms with van der Waals surface area (Å²) in [5, 5.41) is 3.05. The van der Waals surface area contributed by atoms with Gasteiger partial charge in [-0.3, -0.25) is 4.79 Å². The molecule has 0 aliphatic rings. The molecule has 1 aromatic carbocycles.